The van der Waals surface area contributed by atoms with Crippen molar-refractivity contribution >= 4 is 23.7 Å². The number of nitrogens with one attached hydrogen (secondary N) is 1. The molecule has 1 fully saturated rings. The maximum Gasteiger partial charge on any atom is 0.444 e. The zero-order valence-corrected chi connectivity index (χ0v) is 8.17. The van der Waals surface area contributed by atoms with Gasteiger partial charge in [0.05, 0.1) is 5.69 Å². The van der Waals surface area contributed by atoms with Crippen LogP contribution < -0.4 is 10.8 Å². The Morgan fingerprint density at radius 1 is 1.19 bits per heavy atom. The maximum absolute atomic E-state index is 10.9. The molecule has 0 radical (unpaired) electrons. The molecule has 0 bridgehead atoms. The van der Waals surface area contributed by atoms with Crippen molar-refractivity contribution in [3.8, 4) is 0 Å². The van der Waals surface area contributed by atoms with Gasteiger partial charge in [-0.25, -0.2) is 9.59 Å². The van der Waals surface area contributed by atoms with Crippen molar-refractivity contribution in [2.45, 2.75) is 0 Å². The first-order valence-corrected chi connectivity index (χ1v) is 4.42. The first-order valence-electron chi connectivity index (χ1n) is 4.42. The topological polar surface area (TPSA) is 67.9 Å². The molecule has 1 aromatic carbocycles. The molecule has 1 heterocycles. The minimum absolute atomic E-state index is 0.520. The Morgan fingerprint density at radius 3 is 2.44 bits per heavy atom. The van der Waals surface area contributed by atoms with Gasteiger partial charge in [0.15, 0.2) is 0 Å². The summed E-state index contributed by atoms with van der Waals surface area (Å²) < 4.78 is 0. The van der Waals surface area contributed by atoms with E-state index in [-0.39, 0.29) is 0 Å². The van der Waals surface area contributed by atoms with Gasteiger partial charge in [0.25, 0.3) is 0 Å². The summed E-state index contributed by atoms with van der Waals surface area (Å²) in [7, 11) is 0. The molecule has 0 spiro atoms. The Bertz CT molecular complexity index is 441. The molecule has 0 unspecified atom stereocenters. The second-order valence-corrected chi connectivity index (χ2v) is 2.95. The molecular weight excluding hydrogens is 212 g/mol. The zero-order chi connectivity index (χ0) is 11.5. The van der Waals surface area contributed by atoms with Crippen LogP contribution in [0.2, 0.25) is 0 Å². The average Bonchev–Trinajstić information content (AvgIpc) is 2.33. The van der Waals surface area contributed by atoms with Gasteiger partial charge < -0.3 is 9.68 Å². The third-order valence-corrected chi connectivity index (χ3v) is 1.93. The highest BCUT2D eigenvalue weighted by Crippen LogP contribution is 2.16. The van der Waals surface area contributed by atoms with Crippen molar-refractivity contribution < 1.29 is 19.3 Å². The van der Waals surface area contributed by atoms with E-state index in [2.05, 4.69) is 21.8 Å². The van der Waals surface area contributed by atoms with E-state index in [1.165, 1.54) is 0 Å². The fraction of sp³-hybridized carbons (Fsp3) is 0. The predicted octanol–water partition coefficient (Wildman–Crippen LogP) is 0.571. The third kappa shape index (κ3) is 1.86. The normalized spacial score (nSPS) is 15.4. The molecule has 1 N–H and O–H groups in total. The largest absolute Gasteiger partial charge is 0.444 e. The molecule has 6 heteroatoms. The number of benzene rings is 1. The van der Waals surface area contributed by atoms with Crippen molar-refractivity contribution in [3.63, 3.8) is 0 Å². The van der Waals surface area contributed by atoms with Crippen LogP contribution in [0.4, 0.5) is 5.69 Å². The van der Waals surface area contributed by atoms with Crippen molar-refractivity contribution in [2.75, 3.05) is 5.17 Å². The number of carbonyl (C=O) groups excluding carboxylic acids is 2. The van der Waals surface area contributed by atoms with Gasteiger partial charge in [-0.05, 0) is 23.3 Å². The third-order valence-electron chi connectivity index (χ3n) is 1.93. The highest BCUT2D eigenvalue weighted by molar-refractivity contribution is 6.30. The van der Waals surface area contributed by atoms with Crippen LogP contribution in [0.1, 0.15) is 5.56 Å². The van der Waals surface area contributed by atoms with E-state index >= 15 is 0 Å². The Balaban J connectivity index is 2.15. The molecule has 16 heavy (non-hydrogen) atoms. The van der Waals surface area contributed by atoms with Crippen molar-refractivity contribution in [1.82, 2.24) is 5.59 Å². The van der Waals surface area contributed by atoms with Crippen LogP contribution in [0.15, 0.2) is 30.8 Å². The first kappa shape index (κ1) is 10.2. The molecule has 0 saturated carbocycles. The summed E-state index contributed by atoms with van der Waals surface area (Å²) >= 11 is 0. The second-order valence-electron chi connectivity index (χ2n) is 2.95. The van der Waals surface area contributed by atoms with Crippen LogP contribution in [0, 0.1) is 0 Å². The van der Waals surface area contributed by atoms with Crippen molar-refractivity contribution in [1.29, 1.82) is 0 Å². The van der Waals surface area contributed by atoms with Gasteiger partial charge in [0, 0.05) is 0 Å². The summed E-state index contributed by atoms with van der Waals surface area (Å²) in [6.45, 7) is 3.61. The van der Waals surface area contributed by atoms with E-state index < -0.39 is 11.9 Å². The minimum atomic E-state index is -1.08. The Kier molecular flexibility index (Phi) is 2.57. The smallest absolute Gasteiger partial charge is 0.338 e. The predicted molar refractivity (Wildman–Crippen MR) is 54.3 cm³/mol. The standard InChI is InChI=1S/C10H8N2O4/c1-2-7-3-5-8(6-4-7)12-11-15-9(13)10(14)16-12/h2-6,11H,1H2. The molecular formula is C10H8N2O4. The summed E-state index contributed by atoms with van der Waals surface area (Å²) in [6.07, 6.45) is 1.68. The number of hydrazine groups is 1. The van der Waals surface area contributed by atoms with E-state index in [4.69, 9.17) is 0 Å². The maximum atomic E-state index is 10.9. The van der Waals surface area contributed by atoms with Gasteiger partial charge in [-0.1, -0.05) is 24.8 Å². The Morgan fingerprint density at radius 2 is 1.88 bits per heavy atom. The molecule has 1 saturated heterocycles. The molecule has 0 aromatic heterocycles. The van der Waals surface area contributed by atoms with Gasteiger partial charge in [0.1, 0.15) is 0 Å². The molecule has 0 amide bonds. The summed E-state index contributed by atoms with van der Waals surface area (Å²) in [5, 5.41) is 0.955. The Hall–Kier alpha value is -2.34. The van der Waals surface area contributed by atoms with Crippen LogP contribution in [-0.2, 0) is 19.3 Å². The van der Waals surface area contributed by atoms with Crippen LogP contribution in [0.25, 0.3) is 6.08 Å². The van der Waals surface area contributed by atoms with E-state index in [1.54, 1.807) is 30.3 Å². The lowest BCUT2D eigenvalue weighted by Gasteiger charge is -2.25. The monoisotopic (exact) mass is 220 g/mol. The number of anilines is 1. The highest BCUT2D eigenvalue weighted by Gasteiger charge is 2.29. The number of carbonyl (C=O) groups is 2. The van der Waals surface area contributed by atoms with Crippen LogP contribution >= 0.6 is 0 Å². The van der Waals surface area contributed by atoms with Gasteiger partial charge in [0.2, 0.25) is 0 Å². The van der Waals surface area contributed by atoms with Gasteiger partial charge in [-0.15, -0.1) is 5.17 Å². The fourth-order valence-electron chi connectivity index (χ4n) is 1.11. The molecule has 1 aromatic rings. The highest BCUT2D eigenvalue weighted by atomic mass is 16.9. The van der Waals surface area contributed by atoms with E-state index in [1.807, 2.05) is 0 Å². The van der Waals surface area contributed by atoms with Gasteiger partial charge >= 0.3 is 11.9 Å². The minimum Gasteiger partial charge on any atom is -0.338 e. The van der Waals surface area contributed by atoms with E-state index in [0.717, 1.165) is 10.7 Å². The molecule has 1 aliphatic heterocycles. The molecule has 0 atom stereocenters. The number of hydrogen-bond donors (Lipinski definition) is 1. The number of nitrogens with zero attached hydrogens (tertiary/aromatic N) is 1. The van der Waals surface area contributed by atoms with Crippen molar-refractivity contribution in [3.05, 3.63) is 36.4 Å². The quantitative estimate of drug-likeness (QED) is 0.735. The lowest BCUT2D eigenvalue weighted by atomic mass is 10.2. The molecule has 6 nitrogen and oxygen atoms in total. The summed E-state index contributed by atoms with van der Waals surface area (Å²) in [6, 6.07) is 6.90. The average molecular weight is 220 g/mol. The lowest BCUT2D eigenvalue weighted by molar-refractivity contribution is -0.192. The SMILES string of the molecule is C=Cc1ccc(N2NOC(=O)C(=O)O2)cc1. The zero-order valence-electron chi connectivity index (χ0n) is 8.17. The Labute approximate surface area is 90.9 Å². The molecule has 1 aliphatic rings. The number of hydrogen-bond acceptors (Lipinski definition) is 6. The van der Waals surface area contributed by atoms with Crippen LogP contribution in [0.3, 0.4) is 0 Å². The van der Waals surface area contributed by atoms with Gasteiger partial charge in [-0.3, -0.25) is 0 Å². The van der Waals surface area contributed by atoms with E-state index in [9.17, 15) is 9.59 Å². The molecule has 0 aliphatic carbocycles. The number of rotatable bonds is 2. The van der Waals surface area contributed by atoms with Crippen LogP contribution in [-0.4, -0.2) is 11.9 Å². The second kappa shape index (κ2) is 4.03. The summed E-state index contributed by atoms with van der Waals surface area (Å²) in [5.41, 5.74) is 3.61. The van der Waals surface area contributed by atoms with Gasteiger partial charge in [-0.2, -0.15) is 0 Å². The fourth-order valence-corrected chi connectivity index (χ4v) is 1.11. The molecule has 2 rings (SSSR count). The van der Waals surface area contributed by atoms with Crippen LogP contribution in [0.5, 0.6) is 0 Å². The first-order chi connectivity index (χ1) is 7.70. The molecule has 82 valence electrons. The summed E-state index contributed by atoms with van der Waals surface area (Å²) in [5.74, 6) is -2.16. The van der Waals surface area contributed by atoms with Crippen molar-refractivity contribution in [2.24, 2.45) is 0 Å². The van der Waals surface area contributed by atoms with E-state index in [0.29, 0.717) is 5.69 Å². The summed E-state index contributed by atoms with van der Waals surface area (Å²) in [4.78, 5) is 30.6. The lowest BCUT2D eigenvalue weighted by Crippen LogP contribution is -2.49.